The van der Waals surface area contributed by atoms with E-state index < -0.39 is 17.6 Å². The lowest BCUT2D eigenvalue weighted by molar-refractivity contribution is -0.136. The lowest BCUT2D eigenvalue weighted by atomic mass is 10.1. The van der Waals surface area contributed by atoms with Crippen molar-refractivity contribution >= 4 is 45.0 Å². The molecule has 0 atom stereocenters. The molecule has 0 saturated carbocycles. The third-order valence-electron chi connectivity index (χ3n) is 3.59. The third-order valence-corrected chi connectivity index (χ3v) is 5.26. The number of aryl methyl sites for hydroxylation is 1. The molecule has 140 valence electrons. The van der Waals surface area contributed by atoms with Crippen molar-refractivity contribution in [3.63, 3.8) is 0 Å². The van der Waals surface area contributed by atoms with Gasteiger partial charge in [-0.15, -0.1) is 11.8 Å². The van der Waals surface area contributed by atoms with Gasteiger partial charge in [-0.05, 0) is 48.9 Å². The van der Waals surface area contributed by atoms with Crippen LogP contribution >= 0.6 is 27.7 Å². The second-order valence-electron chi connectivity index (χ2n) is 5.87. The maximum Gasteiger partial charge on any atom is 0.418 e. The molecule has 0 heterocycles. The van der Waals surface area contributed by atoms with E-state index in [1.165, 1.54) is 23.9 Å². The Morgan fingerprint density at radius 1 is 1.19 bits per heavy atom. The maximum atomic E-state index is 13.3. The summed E-state index contributed by atoms with van der Waals surface area (Å²) < 4.78 is 40.8. The van der Waals surface area contributed by atoms with E-state index in [1.54, 1.807) is 19.0 Å². The fraction of sp³-hybridized carbons (Fsp3) is 0.278. The minimum absolute atomic E-state index is 0.0230. The molecule has 1 amide bonds. The molecule has 2 aromatic carbocycles. The molecule has 0 radical (unpaired) electrons. The van der Waals surface area contributed by atoms with Crippen LogP contribution in [0, 0.1) is 6.92 Å². The first-order valence-electron chi connectivity index (χ1n) is 7.65. The minimum atomic E-state index is -4.55. The second kappa shape index (κ2) is 8.35. The molecule has 2 rings (SSSR count). The van der Waals surface area contributed by atoms with Gasteiger partial charge in [-0.1, -0.05) is 15.9 Å². The van der Waals surface area contributed by atoms with Crippen LogP contribution in [0.2, 0.25) is 0 Å². The Kier molecular flexibility index (Phi) is 6.63. The van der Waals surface area contributed by atoms with Crippen molar-refractivity contribution in [2.24, 2.45) is 0 Å². The Hall–Kier alpha value is -1.67. The average Bonchev–Trinajstić information content (AvgIpc) is 2.53. The van der Waals surface area contributed by atoms with E-state index in [0.29, 0.717) is 5.69 Å². The average molecular weight is 447 g/mol. The highest BCUT2D eigenvalue weighted by molar-refractivity contribution is 9.10. The van der Waals surface area contributed by atoms with Crippen LogP contribution in [0.3, 0.4) is 0 Å². The lowest BCUT2D eigenvalue weighted by Crippen LogP contribution is -2.19. The van der Waals surface area contributed by atoms with E-state index in [1.807, 2.05) is 25.1 Å². The number of benzene rings is 2. The summed E-state index contributed by atoms with van der Waals surface area (Å²) in [4.78, 5) is 14.6. The van der Waals surface area contributed by atoms with E-state index in [-0.39, 0.29) is 11.4 Å². The summed E-state index contributed by atoms with van der Waals surface area (Å²) >= 11 is 4.65. The van der Waals surface area contributed by atoms with Crippen LogP contribution in [0.15, 0.2) is 45.8 Å². The smallest absolute Gasteiger partial charge is 0.378 e. The normalized spacial score (nSPS) is 11.3. The number of halogens is 4. The third kappa shape index (κ3) is 5.41. The number of alkyl halides is 3. The fourth-order valence-electron chi connectivity index (χ4n) is 2.26. The van der Waals surface area contributed by atoms with E-state index in [0.717, 1.165) is 21.0 Å². The standard InChI is InChI=1S/C18H18BrF3N2OS/c1-11-8-12(19)4-7-16(11)26-10-17(25)23-15-6-5-13(24(2)3)9-14(15)18(20,21)22/h4-9H,10H2,1-3H3,(H,23,25). The second-order valence-corrected chi connectivity index (χ2v) is 7.80. The van der Waals surface area contributed by atoms with E-state index in [4.69, 9.17) is 0 Å². The molecule has 8 heteroatoms. The molecule has 0 spiro atoms. The summed E-state index contributed by atoms with van der Waals surface area (Å²) in [6, 6.07) is 9.49. The van der Waals surface area contributed by atoms with Gasteiger partial charge in [0.2, 0.25) is 5.91 Å². The SMILES string of the molecule is Cc1cc(Br)ccc1SCC(=O)Nc1ccc(N(C)C)cc1C(F)(F)F. The molecule has 2 aromatic rings. The monoisotopic (exact) mass is 446 g/mol. The first-order chi connectivity index (χ1) is 12.1. The number of hydrogen-bond donors (Lipinski definition) is 1. The van der Waals surface area contributed by atoms with Crippen molar-refractivity contribution in [1.82, 2.24) is 0 Å². The number of hydrogen-bond acceptors (Lipinski definition) is 3. The molecule has 0 aliphatic rings. The Bertz CT molecular complexity index is 810. The Balaban J connectivity index is 2.13. The van der Waals surface area contributed by atoms with Gasteiger partial charge in [0, 0.05) is 29.2 Å². The van der Waals surface area contributed by atoms with E-state index >= 15 is 0 Å². The van der Waals surface area contributed by atoms with Gasteiger partial charge in [0.1, 0.15) is 0 Å². The maximum absolute atomic E-state index is 13.3. The van der Waals surface area contributed by atoms with Crippen molar-refractivity contribution in [2.75, 3.05) is 30.1 Å². The summed E-state index contributed by atoms with van der Waals surface area (Å²) in [6.45, 7) is 1.91. The van der Waals surface area contributed by atoms with Crippen LogP contribution in [0.25, 0.3) is 0 Å². The molecule has 0 unspecified atom stereocenters. The summed E-state index contributed by atoms with van der Waals surface area (Å²) in [5, 5.41) is 2.38. The summed E-state index contributed by atoms with van der Waals surface area (Å²) in [7, 11) is 3.32. The molecule has 0 aromatic heterocycles. The van der Waals surface area contributed by atoms with Crippen LogP contribution in [0.1, 0.15) is 11.1 Å². The number of nitrogens with one attached hydrogen (secondary N) is 1. The number of rotatable bonds is 5. The van der Waals surface area contributed by atoms with Crippen molar-refractivity contribution in [3.05, 3.63) is 52.0 Å². The number of carbonyl (C=O) groups is 1. The highest BCUT2D eigenvalue weighted by Gasteiger charge is 2.34. The van der Waals surface area contributed by atoms with Gasteiger partial charge in [-0.2, -0.15) is 13.2 Å². The van der Waals surface area contributed by atoms with Gasteiger partial charge in [0.15, 0.2) is 0 Å². The zero-order valence-corrected chi connectivity index (χ0v) is 16.8. The minimum Gasteiger partial charge on any atom is -0.378 e. The molecule has 1 N–H and O–H groups in total. The van der Waals surface area contributed by atoms with Crippen molar-refractivity contribution in [2.45, 2.75) is 18.0 Å². The van der Waals surface area contributed by atoms with E-state index in [9.17, 15) is 18.0 Å². The van der Waals surface area contributed by atoms with Crippen LogP contribution < -0.4 is 10.2 Å². The van der Waals surface area contributed by atoms with Gasteiger partial charge in [0.05, 0.1) is 17.0 Å². The largest absolute Gasteiger partial charge is 0.418 e. The summed E-state index contributed by atoms with van der Waals surface area (Å²) in [5.74, 6) is -0.463. The predicted octanol–water partition coefficient (Wildman–Crippen LogP) is 5.57. The molecule has 3 nitrogen and oxygen atoms in total. The number of carbonyl (C=O) groups excluding carboxylic acids is 1. The molecule has 0 aliphatic heterocycles. The van der Waals surface area contributed by atoms with Gasteiger partial charge >= 0.3 is 6.18 Å². The molecule has 0 fully saturated rings. The van der Waals surface area contributed by atoms with Gasteiger partial charge in [0.25, 0.3) is 0 Å². The first-order valence-corrected chi connectivity index (χ1v) is 9.43. The Labute approximate surface area is 163 Å². The van der Waals surface area contributed by atoms with Crippen LogP contribution in [0.4, 0.5) is 24.5 Å². The molecule has 0 bridgehead atoms. The number of amides is 1. The van der Waals surface area contributed by atoms with Gasteiger partial charge in [-0.25, -0.2) is 0 Å². The molecular weight excluding hydrogens is 429 g/mol. The molecule has 26 heavy (non-hydrogen) atoms. The fourth-order valence-corrected chi connectivity index (χ4v) is 3.54. The quantitative estimate of drug-likeness (QED) is 0.608. The van der Waals surface area contributed by atoms with Crippen LogP contribution in [-0.2, 0) is 11.0 Å². The van der Waals surface area contributed by atoms with Crippen molar-refractivity contribution < 1.29 is 18.0 Å². The van der Waals surface area contributed by atoms with Gasteiger partial charge in [-0.3, -0.25) is 4.79 Å². The van der Waals surface area contributed by atoms with Crippen LogP contribution in [-0.4, -0.2) is 25.8 Å². The lowest BCUT2D eigenvalue weighted by Gasteiger charge is -2.18. The first kappa shape index (κ1) is 20.6. The molecular formula is C18H18BrF3N2OS. The summed E-state index contributed by atoms with van der Waals surface area (Å²) in [5.41, 5.74) is 0.307. The van der Waals surface area contributed by atoms with Crippen LogP contribution in [0.5, 0.6) is 0 Å². The zero-order chi connectivity index (χ0) is 19.5. The summed E-state index contributed by atoms with van der Waals surface area (Å²) in [6.07, 6.45) is -4.55. The van der Waals surface area contributed by atoms with Crippen molar-refractivity contribution in [3.8, 4) is 0 Å². The molecule has 0 saturated heterocycles. The Morgan fingerprint density at radius 2 is 1.88 bits per heavy atom. The van der Waals surface area contributed by atoms with Gasteiger partial charge < -0.3 is 10.2 Å². The number of nitrogens with zero attached hydrogens (tertiary/aromatic N) is 1. The van der Waals surface area contributed by atoms with E-state index in [2.05, 4.69) is 21.2 Å². The highest BCUT2D eigenvalue weighted by Crippen LogP contribution is 2.37. The number of thioether (sulfide) groups is 1. The number of anilines is 2. The highest BCUT2D eigenvalue weighted by atomic mass is 79.9. The zero-order valence-electron chi connectivity index (χ0n) is 14.4. The Morgan fingerprint density at radius 3 is 2.46 bits per heavy atom. The topological polar surface area (TPSA) is 32.3 Å². The molecule has 0 aliphatic carbocycles. The predicted molar refractivity (Wildman–Crippen MR) is 104 cm³/mol. The van der Waals surface area contributed by atoms with Crippen molar-refractivity contribution in [1.29, 1.82) is 0 Å².